The Labute approximate surface area is 178 Å². The van der Waals surface area contributed by atoms with Crippen molar-refractivity contribution in [1.82, 2.24) is 9.88 Å². The first-order valence-electron chi connectivity index (χ1n) is 8.82. The number of nitrogens with zero attached hydrogens (tertiary/aromatic N) is 2. The number of likely N-dealkylation sites (N-methyl/N-ethyl adjacent to an activating group) is 1. The van der Waals surface area contributed by atoms with Crippen molar-refractivity contribution in [3.05, 3.63) is 69.1 Å². The van der Waals surface area contributed by atoms with Crippen LogP contribution in [0.3, 0.4) is 0 Å². The summed E-state index contributed by atoms with van der Waals surface area (Å²) in [7, 11) is 1.77. The third-order valence-corrected chi connectivity index (χ3v) is 5.79. The quantitative estimate of drug-likeness (QED) is 0.477. The van der Waals surface area contributed by atoms with Gasteiger partial charge in [0.15, 0.2) is 0 Å². The average Bonchev–Trinajstić information content (AvgIpc) is 3.13. The second-order valence-electron chi connectivity index (χ2n) is 6.25. The van der Waals surface area contributed by atoms with E-state index in [1.807, 2.05) is 42.6 Å². The summed E-state index contributed by atoms with van der Waals surface area (Å²) in [5.74, 6) is 0.787. The van der Waals surface area contributed by atoms with Gasteiger partial charge in [-0.25, -0.2) is 4.98 Å². The molecule has 0 spiro atoms. The molecule has 1 amide bonds. The maximum Gasteiger partial charge on any atom is 0.228 e. The number of hydrogen-bond donors (Lipinski definition) is 0. The highest BCUT2D eigenvalue weighted by Gasteiger charge is 2.15. The van der Waals surface area contributed by atoms with Crippen molar-refractivity contribution in [3.63, 3.8) is 0 Å². The van der Waals surface area contributed by atoms with Gasteiger partial charge in [-0.15, -0.1) is 11.3 Å². The molecule has 0 unspecified atom stereocenters. The smallest absolute Gasteiger partial charge is 0.228 e. The number of halogens is 2. The van der Waals surface area contributed by atoms with Crippen LogP contribution >= 0.6 is 34.5 Å². The summed E-state index contributed by atoms with van der Waals surface area (Å²) in [5, 5.41) is 3.75. The molecule has 0 fully saturated rings. The Morgan fingerprint density at radius 3 is 2.71 bits per heavy atom. The van der Waals surface area contributed by atoms with E-state index < -0.39 is 0 Å². The number of carbonyl (C=O) groups is 1. The summed E-state index contributed by atoms with van der Waals surface area (Å²) in [4.78, 5) is 18.9. The summed E-state index contributed by atoms with van der Waals surface area (Å²) < 4.78 is 5.68. The van der Waals surface area contributed by atoms with Crippen molar-refractivity contribution in [2.24, 2.45) is 0 Å². The Morgan fingerprint density at radius 1 is 1.18 bits per heavy atom. The second-order valence-corrected chi connectivity index (χ2v) is 7.92. The van der Waals surface area contributed by atoms with Crippen LogP contribution in [0.1, 0.15) is 18.2 Å². The molecule has 4 nitrogen and oxygen atoms in total. The molecule has 3 rings (SSSR count). The molecule has 1 aromatic heterocycles. The van der Waals surface area contributed by atoms with Gasteiger partial charge >= 0.3 is 0 Å². The van der Waals surface area contributed by atoms with Crippen molar-refractivity contribution in [2.75, 3.05) is 13.7 Å². The van der Waals surface area contributed by atoms with E-state index >= 15 is 0 Å². The minimum atomic E-state index is -0.0129. The summed E-state index contributed by atoms with van der Waals surface area (Å²) in [6, 6.07) is 13.2. The first-order valence-corrected chi connectivity index (χ1v) is 10.5. The van der Waals surface area contributed by atoms with Crippen molar-refractivity contribution in [1.29, 1.82) is 0 Å². The van der Waals surface area contributed by atoms with E-state index in [-0.39, 0.29) is 12.3 Å². The van der Waals surface area contributed by atoms with Crippen molar-refractivity contribution >= 4 is 40.4 Å². The lowest BCUT2D eigenvalue weighted by atomic mass is 10.2. The average molecular weight is 435 g/mol. The van der Waals surface area contributed by atoms with Gasteiger partial charge in [0, 0.05) is 19.0 Å². The monoisotopic (exact) mass is 434 g/mol. The van der Waals surface area contributed by atoms with E-state index in [1.165, 1.54) is 11.3 Å². The molecule has 28 heavy (non-hydrogen) atoms. The van der Waals surface area contributed by atoms with Crippen LogP contribution in [0.5, 0.6) is 5.75 Å². The standard InChI is InChI=1S/C21H20Cl2N2O2S/c1-3-27-19-7-5-4-6-16(19)21-24-15(13-28-21)11-20(26)25(2)12-14-8-9-17(22)18(23)10-14/h4-10,13H,3,11-12H2,1-2H3. The first-order chi connectivity index (χ1) is 13.5. The van der Waals surface area contributed by atoms with Gasteiger partial charge in [0.2, 0.25) is 5.91 Å². The molecule has 1 heterocycles. The molecular weight excluding hydrogens is 415 g/mol. The summed E-state index contributed by atoms with van der Waals surface area (Å²) >= 11 is 13.5. The highest BCUT2D eigenvalue weighted by atomic mass is 35.5. The molecule has 3 aromatic rings. The molecule has 0 aliphatic carbocycles. The van der Waals surface area contributed by atoms with Crippen molar-refractivity contribution in [2.45, 2.75) is 19.9 Å². The van der Waals surface area contributed by atoms with Crippen LogP contribution in [0.25, 0.3) is 10.6 Å². The van der Waals surface area contributed by atoms with Gasteiger partial charge in [0.05, 0.1) is 34.3 Å². The van der Waals surface area contributed by atoms with Crippen LogP contribution in [-0.4, -0.2) is 29.4 Å². The molecule has 0 aliphatic heterocycles. The number of amides is 1. The molecule has 7 heteroatoms. The van der Waals surface area contributed by atoms with Crippen molar-refractivity contribution in [3.8, 4) is 16.3 Å². The number of benzene rings is 2. The largest absolute Gasteiger partial charge is 0.493 e. The van der Waals surface area contributed by atoms with Crippen LogP contribution in [0.4, 0.5) is 0 Å². The maximum absolute atomic E-state index is 12.6. The highest BCUT2D eigenvalue weighted by Crippen LogP contribution is 2.32. The van der Waals surface area contributed by atoms with Crippen LogP contribution in [0.2, 0.25) is 10.0 Å². The fourth-order valence-electron chi connectivity index (χ4n) is 2.73. The molecule has 0 aliphatic rings. The predicted molar refractivity (Wildman–Crippen MR) is 115 cm³/mol. The topological polar surface area (TPSA) is 42.4 Å². The Hall–Kier alpha value is -2.08. The van der Waals surface area contributed by atoms with Crippen LogP contribution in [-0.2, 0) is 17.8 Å². The number of aromatic nitrogens is 1. The number of ether oxygens (including phenoxy) is 1. The lowest BCUT2D eigenvalue weighted by molar-refractivity contribution is -0.129. The van der Waals surface area contributed by atoms with E-state index in [0.29, 0.717) is 23.2 Å². The lowest BCUT2D eigenvalue weighted by Gasteiger charge is -2.17. The maximum atomic E-state index is 12.6. The highest BCUT2D eigenvalue weighted by molar-refractivity contribution is 7.13. The molecule has 0 saturated heterocycles. The third-order valence-electron chi connectivity index (χ3n) is 4.13. The predicted octanol–water partition coefficient (Wildman–Crippen LogP) is 5.72. The zero-order chi connectivity index (χ0) is 20.1. The normalized spacial score (nSPS) is 10.7. The van der Waals surface area contributed by atoms with Crippen LogP contribution in [0, 0.1) is 0 Å². The molecule has 0 bridgehead atoms. The van der Waals surface area contributed by atoms with E-state index in [4.69, 9.17) is 27.9 Å². The zero-order valence-electron chi connectivity index (χ0n) is 15.6. The molecule has 2 aromatic carbocycles. The second kappa shape index (κ2) is 9.41. The molecule has 0 radical (unpaired) electrons. The number of hydrogen-bond acceptors (Lipinski definition) is 4. The molecule has 0 N–H and O–H groups in total. The fourth-order valence-corrected chi connectivity index (χ4v) is 3.90. The van der Waals surface area contributed by atoms with E-state index in [2.05, 4.69) is 4.98 Å². The van der Waals surface area contributed by atoms with E-state index in [9.17, 15) is 4.79 Å². The van der Waals surface area contributed by atoms with Gasteiger partial charge in [-0.2, -0.15) is 0 Å². The van der Waals surface area contributed by atoms with Gasteiger partial charge in [-0.3, -0.25) is 4.79 Å². The summed E-state index contributed by atoms with van der Waals surface area (Å²) in [5.41, 5.74) is 2.62. The van der Waals surface area contributed by atoms with Crippen LogP contribution in [0.15, 0.2) is 47.8 Å². The fraction of sp³-hybridized carbons (Fsp3) is 0.238. The molecular formula is C21H20Cl2N2O2S. The Bertz CT molecular complexity index is 975. The third kappa shape index (κ3) is 5.04. The summed E-state index contributed by atoms with van der Waals surface area (Å²) in [6.07, 6.45) is 0.241. The molecule has 146 valence electrons. The Balaban J connectivity index is 1.67. The number of rotatable bonds is 7. The minimum absolute atomic E-state index is 0.0129. The van der Waals surface area contributed by atoms with Crippen molar-refractivity contribution < 1.29 is 9.53 Å². The Kier molecular flexibility index (Phi) is 6.94. The molecule has 0 atom stereocenters. The SMILES string of the molecule is CCOc1ccccc1-c1nc(CC(=O)N(C)Cc2ccc(Cl)c(Cl)c2)cs1. The van der Waals surface area contributed by atoms with Gasteiger partial charge < -0.3 is 9.64 Å². The minimum Gasteiger partial charge on any atom is -0.493 e. The van der Waals surface area contributed by atoms with Gasteiger partial charge in [0.25, 0.3) is 0 Å². The van der Waals surface area contributed by atoms with Gasteiger partial charge in [-0.05, 0) is 36.8 Å². The van der Waals surface area contributed by atoms with E-state index in [1.54, 1.807) is 24.1 Å². The Morgan fingerprint density at radius 2 is 1.96 bits per heavy atom. The van der Waals surface area contributed by atoms with E-state index in [0.717, 1.165) is 27.6 Å². The summed E-state index contributed by atoms with van der Waals surface area (Å²) in [6.45, 7) is 3.00. The van der Waals surface area contributed by atoms with Gasteiger partial charge in [-0.1, -0.05) is 41.4 Å². The number of para-hydroxylation sites is 1. The number of carbonyl (C=O) groups excluding carboxylic acids is 1. The first kappa shape index (κ1) is 20.6. The number of thiazole rings is 1. The van der Waals surface area contributed by atoms with Crippen LogP contribution < -0.4 is 4.74 Å². The molecule has 0 saturated carbocycles. The zero-order valence-corrected chi connectivity index (χ0v) is 17.9. The van der Waals surface area contributed by atoms with Gasteiger partial charge in [0.1, 0.15) is 10.8 Å². The lowest BCUT2D eigenvalue weighted by Crippen LogP contribution is -2.27.